The second-order valence-corrected chi connectivity index (χ2v) is 5.47. The first kappa shape index (κ1) is 15.8. The summed E-state index contributed by atoms with van der Waals surface area (Å²) in [6.07, 6.45) is 3.05. The fourth-order valence-corrected chi connectivity index (χ4v) is 2.48. The number of amides is 1. The normalized spacial score (nSPS) is 10.0. The molecule has 3 heteroatoms. The van der Waals surface area contributed by atoms with Gasteiger partial charge in [0.05, 0.1) is 11.2 Å². The molecule has 1 amide bonds. The summed E-state index contributed by atoms with van der Waals surface area (Å²) in [6.45, 7) is 1.98. The van der Waals surface area contributed by atoms with Gasteiger partial charge in [-0.3, -0.25) is 9.78 Å². The van der Waals surface area contributed by atoms with Gasteiger partial charge < -0.3 is 5.32 Å². The maximum Gasteiger partial charge on any atom is 0.224 e. The summed E-state index contributed by atoms with van der Waals surface area (Å²) in [7, 11) is 0. The molecule has 1 heterocycles. The molecule has 0 fully saturated rings. The highest BCUT2D eigenvalue weighted by molar-refractivity contribution is 6.02. The van der Waals surface area contributed by atoms with Gasteiger partial charge in [-0.1, -0.05) is 37.0 Å². The molecule has 0 saturated heterocycles. The van der Waals surface area contributed by atoms with Gasteiger partial charge in [0.25, 0.3) is 0 Å². The molecular formula is C21H18N2O. The van der Waals surface area contributed by atoms with E-state index in [9.17, 15) is 4.79 Å². The second-order valence-electron chi connectivity index (χ2n) is 5.47. The summed E-state index contributed by atoms with van der Waals surface area (Å²) in [6, 6.07) is 17.5. The molecule has 0 unspecified atom stereocenters. The molecule has 1 N–H and O–H groups in total. The number of nitrogens with one attached hydrogen (secondary N) is 1. The Kier molecular flexibility index (Phi) is 4.88. The Balaban J connectivity index is 2.00. The Morgan fingerprint density at radius 1 is 1.04 bits per heavy atom. The topological polar surface area (TPSA) is 42.0 Å². The third-order valence-electron chi connectivity index (χ3n) is 3.64. The summed E-state index contributed by atoms with van der Waals surface area (Å²) >= 11 is 0. The number of carbonyl (C=O) groups excluding carboxylic acids is 1. The summed E-state index contributed by atoms with van der Waals surface area (Å²) in [5, 5.41) is 3.88. The van der Waals surface area contributed by atoms with E-state index < -0.39 is 0 Å². The standard InChI is InChI=1S/C21H18N2O/c1-2-7-20(24)23-19-14-13-17(18-10-6-15-22-21(18)19)12-11-16-8-4-3-5-9-16/h3-6,8-10,13-15H,2,7H2,1H3,(H,23,24). The van der Waals surface area contributed by atoms with E-state index in [0.717, 1.165) is 34.1 Å². The first-order chi connectivity index (χ1) is 11.8. The highest BCUT2D eigenvalue weighted by Gasteiger charge is 2.08. The van der Waals surface area contributed by atoms with Crippen LogP contribution in [0.4, 0.5) is 5.69 Å². The Hall–Kier alpha value is -3.12. The van der Waals surface area contributed by atoms with Crippen LogP contribution in [0.3, 0.4) is 0 Å². The van der Waals surface area contributed by atoms with Gasteiger partial charge in [-0.2, -0.15) is 0 Å². The van der Waals surface area contributed by atoms with Crippen molar-refractivity contribution in [3.8, 4) is 11.8 Å². The largest absolute Gasteiger partial charge is 0.324 e. The number of fused-ring (bicyclic) bond motifs is 1. The number of benzene rings is 2. The average molecular weight is 314 g/mol. The van der Waals surface area contributed by atoms with Crippen molar-refractivity contribution in [1.82, 2.24) is 4.98 Å². The lowest BCUT2D eigenvalue weighted by Crippen LogP contribution is -2.11. The first-order valence-electron chi connectivity index (χ1n) is 8.02. The number of hydrogen-bond acceptors (Lipinski definition) is 2. The van der Waals surface area contributed by atoms with Crippen LogP contribution < -0.4 is 5.32 Å². The highest BCUT2D eigenvalue weighted by atomic mass is 16.1. The van der Waals surface area contributed by atoms with Gasteiger partial charge in [0, 0.05) is 29.1 Å². The van der Waals surface area contributed by atoms with E-state index in [2.05, 4.69) is 22.1 Å². The minimum Gasteiger partial charge on any atom is -0.324 e. The van der Waals surface area contributed by atoms with Crippen molar-refractivity contribution in [1.29, 1.82) is 0 Å². The van der Waals surface area contributed by atoms with Gasteiger partial charge in [-0.15, -0.1) is 0 Å². The second kappa shape index (κ2) is 7.43. The van der Waals surface area contributed by atoms with Crippen LogP contribution in [0.25, 0.3) is 10.9 Å². The lowest BCUT2D eigenvalue weighted by Gasteiger charge is -2.09. The van der Waals surface area contributed by atoms with Crippen molar-refractivity contribution in [2.24, 2.45) is 0 Å². The zero-order chi connectivity index (χ0) is 16.8. The van der Waals surface area contributed by atoms with Crippen LogP contribution in [0.2, 0.25) is 0 Å². The molecule has 0 bridgehead atoms. The first-order valence-corrected chi connectivity index (χ1v) is 8.02. The fourth-order valence-electron chi connectivity index (χ4n) is 2.48. The Labute approximate surface area is 141 Å². The van der Waals surface area contributed by atoms with Gasteiger partial charge in [0.1, 0.15) is 0 Å². The number of anilines is 1. The molecule has 0 aliphatic heterocycles. The molecule has 0 atom stereocenters. The van der Waals surface area contributed by atoms with Crippen LogP contribution in [0.1, 0.15) is 30.9 Å². The summed E-state index contributed by atoms with van der Waals surface area (Å²) < 4.78 is 0. The monoisotopic (exact) mass is 314 g/mol. The van der Waals surface area contributed by atoms with E-state index in [1.807, 2.05) is 61.5 Å². The minimum atomic E-state index is 0.00701. The van der Waals surface area contributed by atoms with Crippen molar-refractivity contribution in [2.45, 2.75) is 19.8 Å². The van der Waals surface area contributed by atoms with Crippen LogP contribution in [0.15, 0.2) is 60.8 Å². The van der Waals surface area contributed by atoms with E-state index in [1.165, 1.54) is 0 Å². The lowest BCUT2D eigenvalue weighted by molar-refractivity contribution is -0.116. The number of hydrogen-bond donors (Lipinski definition) is 1. The molecule has 118 valence electrons. The summed E-state index contributed by atoms with van der Waals surface area (Å²) in [5.74, 6) is 6.38. The van der Waals surface area contributed by atoms with Crippen LogP contribution in [-0.2, 0) is 4.79 Å². The third-order valence-corrected chi connectivity index (χ3v) is 3.64. The SMILES string of the molecule is CCCC(=O)Nc1ccc(C#Cc2ccccc2)c2cccnc12. The Bertz CT molecular complexity index is 921. The van der Waals surface area contributed by atoms with Gasteiger partial charge >= 0.3 is 0 Å². The number of nitrogens with zero attached hydrogens (tertiary/aromatic N) is 1. The Morgan fingerprint density at radius 3 is 2.67 bits per heavy atom. The summed E-state index contributed by atoms with van der Waals surface area (Å²) in [4.78, 5) is 16.3. The zero-order valence-corrected chi connectivity index (χ0v) is 13.5. The maximum atomic E-state index is 11.9. The number of carbonyl (C=O) groups is 1. The van der Waals surface area contributed by atoms with E-state index in [4.69, 9.17) is 0 Å². The van der Waals surface area contributed by atoms with Crippen molar-refractivity contribution in [2.75, 3.05) is 5.32 Å². The third kappa shape index (κ3) is 3.61. The Morgan fingerprint density at radius 2 is 1.88 bits per heavy atom. The predicted molar refractivity (Wildman–Crippen MR) is 97.7 cm³/mol. The van der Waals surface area contributed by atoms with Gasteiger partial charge in [0.2, 0.25) is 5.91 Å². The molecule has 0 aliphatic carbocycles. The smallest absolute Gasteiger partial charge is 0.224 e. The fraction of sp³-hybridized carbons (Fsp3) is 0.143. The van der Waals surface area contributed by atoms with Gasteiger partial charge in [-0.05, 0) is 42.8 Å². The van der Waals surface area contributed by atoms with Gasteiger partial charge in [-0.25, -0.2) is 0 Å². The number of aromatic nitrogens is 1. The predicted octanol–water partition coefficient (Wildman–Crippen LogP) is 4.37. The average Bonchev–Trinajstić information content (AvgIpc) is 2.62. The van der Waals surface area contributed by atoms with Crippen molar-refractivity contribution < 1.29 is 4.79 Å². The molecule has 0 radical (unpaired) electrons. The van der Waals surface area contributed by atoms with Crippen molar-refractivity contribution >= 4 is 22.5 Å². The van der Waals surface area contributed by atoms with Crippen molar-refractivity contribution in [3.63, 3.8) is 0 Å². The number of pyridine rings is 1. The van der Waals surface area contributed by atoms with Crippen LogP contribution in [0.5, 0.6) is 0 Å². The molecular weight excluding hydrogens is 296 g/mol. The van der Waals surface area contributed by atoms with Crippen LogP contribution >= 0.6 is 0 Å². The van der Waals surface area contributed by atoms with E-state index in [0.29, 0.717) is 6.42 Å². The van der Waals surface area contributed by atoms with E-state index >= 15 is 0 Å². The molecule has 24 heavy (non-hydrogen) atoms. The summed E-state index contributed by atoms with van der Waals surface area (Å²) in [5.41, 5.74) is 3.36. The van der Waals surface area contributed by atoms with Crippen LogP contribution in [0, 0.1) is 11.8 Å². The molecule has 3 nitrogen and oxygen atoms in total. The van der Waals surface area contributed by atoms with E-state index in [1.54, 1.807) is 6.20 Å². The zero-order valence-electron chi connectivity index (χ0n) is 13.5. The lowest BCUT2D eigenvalue weighted by atomic mass is 10.1. The molecule has 3 aromatic rings. The van der Waals surface area contributed by atoms with Crippen LogP contribution in [-0.4, -0.2) is 10.9 Å². The maximum absolute atomic E-state index is 11.9. The number of rotatable bonds is 3. The van der Waals surface area contributed by atoms with Crippen molar-refractivity contribution in [3.05, 3.63) is 71.9 Å². The molecule has 1 aromatic heterocycles. The highest BCUT2D eigenvalue weighted by Crippen LogP contribution is 2.24. The molecule has 3 rings (SSSR count). The molecule has 0 spiro atoms. The minimum absolute atomic E-state index is 0.00701. The quantitative estimate of drug-likeness (QED) is 0.729. The van der Waals surface area contributed by atoms with Gasteiger partial charge in [0.15, 0.2) is 0 Å². The molecule has 0 aliphatic rings. The van der Waals surface area contributed by atoms with E-state index in [-0.39, 0.29) is 5.91 Å². The molecule has 0 saturated carbocycles. The molecule has 2 aromatic carbocycles.